The summed E-state index contributed by atoms with van der Waals surface area (Å²) in [6.45, 7) is -0.289. The molecular weight excluding hydrogens is 455 g/mol. The molecule has 0 fully saturated rings. The first-order valence-corrected chi connectivity index (χ1v) is 8.63. The highest BCUT2D eigenvalue weighted by atomic mass is 35.5. The van der Waals surface area contributed by atoms with Gasteiger partial charge >= 0.3 is 12.4 Å². The van der Waals surface area contributed by atoms with Crippen molar-refractivity contribution < 1.29 is 26.3 Å². The molecule has 2 aromatic carbocycles. The van der Waals surface area contributed by atoms with Gasteiger partial charge in [0.05, 0.1) is 21.2 Å². The van der Waals surface area contributed by atoms with Gasteiger partial charge in [0.25, 0.3) is 0 Å². The highest BCUT2D eigenvalue weighted by Crippen LogP contribution is 2.39. The summed E-state index contributed by atoms with van der Waals surface area (Å²) < 4.78 is 79.1. The molecule has 0 amide bonds. The number of rotatable bonds is 4. The molecule has 0 aromatic heterocycles. The summed E-state index contributed by atoms with van der Waals surface area (Å²) in [5.41, 5.74) is -3.75. The van der Waals surface area contributed by atoms with Crippen LogP contribution in [0.4, 0.5) is 32.0 Å². The van der Waals surface area contributed by atoms with Crippen molar-refractivity contribution in [3.05, 3.63) is 74.9 Å². The lowest BCUT2D eigenvalue weighted by molar-refractivity contribution is -0.143. The molecule has 11 heteroatoms. The molecule has 156 valence electrons. The van der Waals surface area contributed by atoms with E-state index in [2.05, 4.69) is 0 Å². The predicted molar refractivity (Wildman–Crippen MR) is 98.4 cm³/mol. The van der Waals surface area contributed by atoms with Gasteiger partial charge in [0.2, 0.25) is 0 Å². The van der Waals surface area contributed by atoms with Crippen LogP contribution < -0.4 is 4.90 Å². The Morgan fingerprint density at radius 1 is 0.867 bits per heavy atom. The summed E-state index contributed by atoms with van der Waals surface area (Å²) in [6.07, 6.45) is -9.25. The third kappa shape index (κ3) is 5.82. The normalized spacial score (nSPS) is 11.4. The predicted octanol–water partition coefficient (Wildman–Crippen LogP) is 6.97. The highest BCUT2D eigenvalue weighted by Gasteiger charge is 2.37. The van der Waals surface area contributed by atoms with E-state index in [1.54, 1.807) is 0 Å². The minimum Gasteiger partial charge on any atom is -0.341 e. The molecule has 0 bridgehead atoms. The summed E-state index contributed by atoms with van der Waals surface area (Å²) in [5, 5.41) is 18.2. The average Bonchev–Trinajstić information content (AvgIpc) is 2.66. The lowest BCUT2D eigenvalue weighted by Crippen LogP contribution is -2.19. The Kier molecular flexibility index (Phi) is 6.91. The monoisotopic (exact) mass is 463 g/mol. The Morgan fingerprint density at radius 3 is 1.83 bits per heavy atom. The number of alkyl halides is 6. The van der Waals surface area contributed by atoms with Crippen molar-refractivity contribution in [3.8, 4) is 12.1 Å². The van der Waals surface area contributed by atoms with Gasteiger partial charge in [-0.25, -0.2) is 0 Å². The minimum absolute atomic E-state index is 0.0138. The van der Waals surface area contributed by atoms with Gasteiger partial charge in [-0.05, 0) is 35.9 Å². The zero-order valence-corrected chi connectivity index (χ0v) is 16.1. The third-order valence-electron chi connectivity index (χ3n) is 3.77. The molecular formula is C19H9Cl2F6N3. The van der Waals surface area contributed by atoms with Crippen LogP contribution in [0.5, 0.6) is 0 Å². The van der Waals surface area contributed by atoms with Crippen molar-refractivity contribution in [2.45, 2.75) is 18.9 Å². The van der Waals surface area contributed by atoms with E-state index in [9.17, 15) is 26.3 Å². The molecule has 0 saturated carbocycles. The van der Waals surface area contributed by atoms with Crippen LogP contribution in [0.1, 0.15) is 16.7 Å². The standard InChI is InChI=1S/C19H9Cl2F6N3/c20-16-2-1-11(3-17(16)21)9-30(10-12(7-28)8-29)15-5-13(18(22,23)24)4-14(6-15)19(25,26)27/h1-6,10H,9H2. The Morgan fingerprint density at radius 2 is 1.40 bits per heavy atom. The van der Waals surface area contributed by atoms with Crippen molar-refractivity contribution in [1.29, 1.82) is 10.5 Å². The maximum Gasteiger partial charge on any atom is 0.416 e. The molecule has 0 saturated heterocycles. The number of hydrogen-bond donors (Lipinski definition) is 0. The molecule has 0 atom stereocenters. The largest absolute Gasteiger partial charge is 0.416 e. The SMILES string of the molecule is N#CC(C#N)=CN(Cc1ccc(Cl)c(Cl)c1)c1cc(C(F)(F)F)cc(C(F)(F)F)c1. The number of hydrogen-bond acceptors (Lipinski definition) is 3. The lowest BCUT2D eigenvalue weighted by atomic mass is 10.1. The van der Waals surface area contributed by atoms with E-state index in [4.69, 9.17) is 33.7 Å². The van der Waals surface area contributed by atoms with Gasteiger partial charge < -0.3 is 4.90 Å². The number of nitrogens with zero attached hydrogens (tertiary/aromatic N) is 3. The number of allylic oxidation sites excluding steroid dienone is 1. The van der Waals surface area contributed by atoms with Crippen molar-refractivity contribution in [1.82, 2.24) is 0 Å². The number of halogens is 8. The Bertz CT molecular complexity index is 1010. The second-order valence-corrected chi connectivity index (χ2v) is 6.72. The van der Waals surface area contributed by atoms with Crippen LogP contribution in [-0.4, -0.2) is 0 Å². The van der Waals surface area contributed by atoms with Gasteiger partial charge in [-0.1, -0.05) is 29.3 Å². The summed E-state index contributed by atoms with van der Waals surface area (Å²) in [5.74, 6) is 0. The van der Waals surface area contributed by atoms with Gasteiger partial charge in [-0.2, -0.15) is 36.9 Å². The van der Waals surface area contributed by atoms with Crippen LogP contribution in [0, 0.1) is 22.7 Å². The van der Waals surface area contributed by atoms with Crippen LogP contribution in [0.15, 0.2) is 48.2 Å². The Balaban J connectivity index is 2.68. The average molecular weight is 464 g/mol. The number of benzene rings is 2. The summed E-state index contributed by atoms with van der Waals surface area (Å²) in [6, 6.07) is 8.21. The molecule has 3 nitrogen and oxygen atoms in total. The van der Waals surface area contributed by atoms with Crippen molar-refractivity contribution in [3.63, 3.8) is 0 Å². The zero-order chi connectivity index (χ0) is 22.7. The Labute approximate surface area is 176 Å². The fraction of sp³-hybridized carbons (Fsp3) is 0.158. The maximum atomic E-state index is 13.2. The van der Waals surface area contributed by atoms with Gasteiger partial charge in [-0.3, -0.25) is 0 Å². The van der Waals surface area contributed by atoms with E-state index in [0.717, 1.165) is 11.1 Å². The van der Waals surface area contributed by atoms with E-state index < -0.39 is 34.7 Å². The Hall–Kier alpha value is -2.88. The van der Waals surface area contributed by atoms with Crippen LogP contribution in [0.3, 0.4) is 0 Å². The number of nitriles is 2. The highest BCUT2D eigenvalue weighted by molar-refractivity contribution is 6.42. The van der Waals surface area contributed by atoms with Crippen molar-refractivity contribution >= 4 is 28.9 Å². The maximum absolute atomic E-state index is 13.2. The topological polar surface area (TPSA) is 50.8 Å². The first-order chi connectivity index (χ1) is 13.8. The first kappa shape index (κ1) is 23.4. The van der Waals surface area contributed by atoms with E-state index in [0.29, 0.717) is 17.7 Å². The molecule has 0 aliphatic heterocycles. The summed E-state index contributed by atoms with van der Waals surface area (Å²) in [4.78, 5) is 0.922. The van der Waals surface area contributed by atoms with E-state index in [1.807, 2.05) is 0 Å². The third-order valence-corrected chi connectivity index (χ3v) is 4.51. The van der Waals surface area contributed by atoms with Gasteiger partial charge in [0, 0.05) is 18.4 Å². The zero-order valence-electron chi connectivity index (χ0n) is 14.6. The van der Waals surface area contributed by atoms with E-state index >= 15 is 0 Å². The first-order valence-electron chi connectivity index (χ1n) is 7.87. The van der Waals surface area contributed by atoms with Gasteiger partial charge in [0.15, 0.2) is 0 Å². The molecule has 2 rings (SSSR count). The molecule has 0 radical (unpaired) electrons. The smallest absolute Gasteiger partial charge is 0.341 e. The fourth-order valence-corrected chi connectivity index (χ4v) is 2.71. The second kappa shape index (κ2) is 8.86. The van der Waals surface area contributed by atoms with Crippen LogP contribution in [-0.2, 0) is 18.9 Å². The molecule has 0 unspecified atom stereocenters. The molecule has 0 aliphatic carbocycles. The minimum atomic E-state index is -5.05. The molecule has 0 aliphatic rings. The lowest BCUT2D eigenvalue weighted by Gasteiger charge is -2.24. The van der Waals surface area contributed by atoms with E-state index in [1.165, 1.54) is 30.3 Å². The second-order valence-electron chi connectivity index (χ2n) is 5.91. The van der Waals surface area contributed by atoms with Gasteiger partial charge in [-0.15, -0.1) is 0 Å². The molecule has 30 heavy (non-hydrogen) atoms. The van der Waals surface area contributed by atoms with Crippen molar-refractivity contribution in [2.24, 2.45) is 0 Å². The van der Waals surface area contributed by atoms with E-state index in [-0.39, 0.29) is 22.7 Å². The van der Waals surface area contributed by atoms with Crippen molar-refractivity contribution in [2.75, 3.05) is 4.90 Å². The van der Waals surface area contributed by atoms with Crippen LogP contribution in [0.2, 0.25) is 10.0 Å². The fourth-order valence-electron chi connectivity index (χ4n) is 2.39. The molecule has 0 spiro atoms. The quantitative estimate of drug-likeness (QED) is 0.363. The van der Waals surface area contributed by atoms with Crippen LogP contribution in [0.25, 0.3) is 0 Å². The molecule has 0 heterocycles. The molecule has 2 aromatic rings. The molecule has 0 N–H and O–H groups in total. The van der Waals surface area contributed by atoms with Crippen LogP contribution >= 0.6 is 23.2 Å². The summed E-state index contributed by atoms with van der Waals surface area (Å²) >= 11 is 11.7. The summed E-state index contributed by atoms with van der Waals surface area (Å²) in [7, 11) is 0. The van der Waals surface area contributed by atoms with Gasteiger partial charge in [0.1, 0.15) is 17.7 Å². The number of anilines is 1.